The Hall–Kier alpha value is -0.900. The fourth-order valence-corrected chi connectivity index (χ4v) is 2.11. The molecule has 1 aromatic heterocycles. The molecule has 17 heavy (non-hydrogen) atoms. The van der Waals surface area contributed by atoms with E-state index in [0.29, 0.717) is 10.6 Å². The lowest BCUT2D eigenvalue weighted by molar-refractivity contribution is 0.684. The third kappa shape index (κ3) is 4.11. The van der Waals surface area contributed by atoms with Gasteiger partial charge < -0.3 is 10.3 Å². The molecule has 0 bridgehead atoms. The first kappa shape index (κ1) is 12.6. The topological polar surface area (TPSA) is 40.7 Å². The summed E-state index contributed by atoms with van der Waals surface area (Å²) in [7, 11) is 0. The molecule has 2 rings (SSSR count). The lowest BCUT2D eigenvalue weighted by Crippen LogP contribution is -2.05. The minimum atomic E-state index is 0.624. The van der Waals surface area contributed by atoms with Gasteiger partial charge in [0, 0.05) is 18.5 Å². The Morgan fingerprint density at radius 1 is 1.41 bits per heavy atom. The standard InChI is InChI=1S/C13H21N3S/c1-2-3-4-5-8-14-11-9-12(17)16-13(15-11)10-6-7-10/h9-10H,2-8H2,1H3,(H2,14,15,16,17). The van der Waals surface area contributed by atoms with Crippen LogP contribution in [-0.4, -0.2) is 16.5 Å². The van der Waals surface area contributed by atoms with E-state index in [-0.39, 0.29) is 0 Å². The van der Waals surface area contributed by atoms with Crippen LogP contribution in [0.1, 0.15) is 57.2 Å². The predicted octanol–water partition coefficient (Wildman–Crippen LogP) is 4.01. The van der Waals surface area contributed by atoms with E-state index in [1.54, 1.807) is 0 Å². The molecule has 2 N–H and O–H groups in total. The summed E-state index contributed by atoms with van der Waals surface area (Å²) in [5.41, 5.74) is 0. The molecular weight excluding hydrogens is 230 g/mol. The number of hydrogen-bond donors (Lipinski definition) is 2. The van der Waals surface area contributed by atoms with Gasteiger partial charge in [0.25, 0.3) is 0 Å². The van der Waals surface area contributed by atoms with Crippen molar-refractivity contribution in [2.45, 2.75) is 51.4 Å². The third-order valence-electron chi connectivity index (χ3n) is 3.07. The van der Waals surface area contributed by atoms with Crippen molar-refractivity contribution in [3.63, 3.8) is 0 Å². The highest BCUT2D eigenvalue weighted by Gasteiger charge is 2.25. The summed E-state index contributed by atoms with van der Waals surface area (Å²) in [6, 6.07) is 1.92. The van der Waals surface area contributed by atoms with E-state index in [1.165, 1.54) is 38.5 Å². The van der Waals surface area contributed by atoms with Crippen molar-refractivity contribution in [2.75, 3.05) is 11.9 Å². The molecule has 94 valence electrons. The molecule has 0 saturated heterocycles. The molecule has 1 heterocycles. The SMILES string of the molecule is CCCCCCNc1cc(=S)nc(C2CC2)[nH]1. The molecule has 1 saturated carbocycles. The van der Waals surface area contributed by atoms with Gasteiger partial charge in [0.2, 0.25) is 0 Å². The minimum absolute atomic E-state index is 0.624. The van der Waals surface area contributed by atoms with Crippen molar-refractivity contribution in [1.82, 2.24) is 9.97 Å². The second-order valence-electron chi connectivity index (χ2n) is 4.78. The maximum absolute atomic E-state index is 5.18. The molecule has 1 fully saturated rings. The number of unbranched alkanes of at least 4 members (excludes halogenated alkanes) is 3. The summed E-state index contributed by atoms with van der Waals surface area (Å²) < 4.78 is 0.696. The van der Waals surface area contributed by atoms with Gasteiger partial charge in [-0.15, -0.1) is 0 Å². The summed E-state index contributed by atoms with van der Waals surface area (Å²) in [6.07, 6.45) is 7.61. The van der Waals surface area contributed by atoms with E-state index in [1.807, 2.05) is 6.07 Å². The van der Waals surface area contributed by atoms with Crippen LogP contribution in [0.2, 0.25) is 0 Å². The largest absolute Gasteiger partial charge is 0.372 e. The molecule has 0 aliphatic heterocycles. The van der Waals surface area contributed by atoms with E-state index in [4.69, 9.17) is 12.2 Å². The average molecular weight is 251 g/mol. The summed E-state index contributed by atoms with van der Waals surface area (Å²) >= 11 is 5.18. The van der Waals surface area contributed by atoms with Crippen LogP contribution in [0.5, 0.6) is 0 Å². The van der Waals surface area contributed by atoms with E-state index in [0.717, 1.165) is 18.2 Å². The zero-order chi connectivity index (χ0) is 12.1. The van der Waals surface area contributed by atoms with Gasteiger partial charge in [0.15, 0.2) is 0 Å². The summed E-state index contributed by atoms with van der Waals surface area (Å²) in [5, 5.41) is 3.41. The first-order valence-electron chi connectivity index (χ1n) is 6.64. The minimum Gasteiger partial charge on any atom is -0.372 e. The molecule has 1 aromatic rings. The second kappa shape index (κ2) is 6.15. The van der Waals surface area contributed by atoms with Crippen molar-refractivity contribution in [1.29, 1.82) is 0 Å². The van der Waals surface area contributed by atoms with Gasteiger partial charge in [0.05, 0.1) is 0 Å². The van der Waals surface area contributed by atoms with Gasteiger partial charge in [-0.05, 0) is 19.3 Å². The highest BCUT2D eigenvalue weighted by Crippen LogP contribution is 2.38. The van der Waals surface area contributed by atoms with Crippen LogP contribution in [0.3, 0.4) is 0 Å². The van der Waals surface area contributed by atoms with Crippen LogP contribution >= 0.6 is 12.2 Å². The number of hydrogen-bond acceptors (Lipinski definition) is 3. The van der Waals surface area contributed by atoms with Gasteiger partial charge in [0.1, 0.15) is 16.3 Å². The highest BCUT2D eigenvalue weighted by molar-refractivity contribution is 7.71. The van der Waals surface area contributed by atoms with Crippen molar-refractivity contribution in [3.05, 3.63) is 16.5 Å². The summed E-state index contributed by atoms with van der Waals surface area (Å²) in [4.78, 5) is 7.72. The van der Waals surface area contributed by atoms with E-state index >= 15 is 0 Å². The zero-order valence-corrected chi connectivity index (χ0v) is 11.3. The van der Waals surface area contributed by atoms with Crippen LogP contribution in [0.4, 0.5) is 5.82 Å². The quantitative estimate of drug-likeness (QED) is 0.568. The maximum Gasteiger partial charge on any atom is 0.131 e. The second-order valence-corrected chi connectivity index (χ2v) is 5.20. The lowest BCUT2D eigenvalue weighted by atomic mass is 10.2. The third-order valence-corrected chi connectivity index (χ3v) is 3.28. The smallest absolute Gasteiger partial charge is 0.131 e. The molecule has 0 amide bonds. The lowest BCUT2D eigenvalue weighted by Gasteiger charge is -2.08. The van der Waals surface area contributed by atoms with Crippen LogP contribution in [0.15, 0.2) is 6.07 Å². The first-order chi connectivity index (χ1) is 8.29. The number of rotatable bonds is 7. The fourth-order valence-electron chi connectivity index (χ4n) is 1.90. The molecule has 0 atom stereocenters. The Morgan fingerprint density at radius 3 is 2.94 bits per heavy atom. The van der Waals surface area contributed by atoms with Crippen molar-refractivity contribution < 1.29 is 0 Å². The predicted molar refractivity (Wildman–Crippen MR) is 74.0 cm³/mol. The molecule has 4 heteroatoms. The van der Waals surface area contributed by atoms with E-state index in [9.17, 15) is 0 Å². The van der Waals surface area contributed by atoms with Gasteiger partial charge in [-0.2, -0.15) is 0 Å². The van der Waals surface area contributed by atoms with Gasteiger partial charge in [-0.3, -0.25) is 0 Å². The Morgan fingerprint density at radius 2 is 2.24 bits per heavy atom. The van der Waals surface area contributed by atoms with Crippen LogP contribution in [0.25, 0.3) is 0 Å². The Bertz CT molecular complexity index is 409. The van der Waals surface area contributed by atoms with Crippen molar-refractivity contribution in [2.24, 2.45) is 0 Å². The fraction of sp³-hybridized carbons (Fsp3) is 0.692. The van der Waals surface area contributed by atoms with Crippen molar-refractivity contribution >= 4 is 18.0 Å². The van der Waals surface area contributed by atoms with Gasteiger partial charge in [-0.1, -0.05) is 38.4 Å². The van der Waals surface area contributed by atoms with E-state index in [2.05, 4.69) is 22.2 Å². The number of anilines is 1. The van der Waals surface area contributed by atoms with Gasteiger partial charge in [-0.25, -0.2) is 4.98 Å². The summed E-state index contributed by atoms with van der Waals surface area (Å²) in [5.74, 6) is 2.72. The average Bonchev–Trinajstić information content (AvgIpc) is 3.12. The number of nitrogens with one attached hydrogen (secondary N) is 2. The van der Waals surface area contributed by atoms with Crippen LogP contribution in [-0.2, 0) is 0 Å². The Labute approximate surface area is 108 Å². The van der Waals surface area contributed by atoms with E-state index < -0.39 is 0 Å². The Kier molecular flexibility index (Phi) is 4.54. The number of aromatic nitrogens is 2. The van der Waals surface area contributed by atoms with Gasteiger partial charge >= 0.3 is 0 Å². The molecule has 0 radical (unpaired) electrons. The number of H-pyrrole nitrogens is 1. The first-order valence-corrected chi connectivity index (χ1v) is 7.05. The molecular formula is C13H21N3S. The Balaban J connectivity index is 1.85. The van der Waals surface area contributed by atoms with Crippen LogP contribution in [0, 0.1) is 4.64 Å². The highest BCUT2D eigenvalue weighted by atomic mass is 32.1. The molecule has 0 spiro atoms. The number of aromatic amines is 1. The normalized spacial score (nSPS) is 14.9. The molecule has 3 nitrogen and oxygen atoms in total. The number of nitrogens with zero attached hydrogens (tertiary/aromatic N) is 1. The van der Waals surface area contributed by atoms with Crippen molar-refractivity contribution in [3.8, 4) is 0 Å². The summed E-state index contributed by atoms with van der Waals surface area (Å²) in [6.45, 7) is 3.24. The maximum atomic E-state index is 5.18. The molecule has 1 aliphatic carbocycles. The molecule has 0 unspecified atom stereocenters. The van der Waals surface area contributed by atoms with Crippen LogP contribution < -0.4 is 5.32 Å². The molecule has 0 aromatic carbocycles. The zero-order valence-electron chi connectivity index (χ0n) is 10.5. The monoisotopic (exact) mass is 251 g/mol. The molecule has 1 aliphatic rings.